The molecule has 2 rings (SSSR count). The summed E-state index contributed by atoms with van der Waals surface area (Å²) in [5, 5.41) is 0. The van der Waals surface area contributed by atoms with Gasteiger partial charge in [-0.2, -0.15) is 0 Å². The fraction of sp³-hybridized carbons (Fsp3) is 0.875. The molecule has 0 aliphatic carbocycles. The van der Waals surface area contributed by atoms with Gasteiger partial charge in [-0.1, -0.05) is 13.8 Å². The van der Waals surface area contributed by atoms with E-state index in [1.807, 2.05) is 13.8 Å². The van der Waals surface area contributed by atoms with Crippen LogP contribution in [0, 0.1) is 5.92 Å². The fourth-order valence-electron chi connectivity index (χ4n) is 3.06. The normalized spacial score (nSPS) is 21.1. The van der Waals surface area contributed by atoms with Crippen LogP contribution in [0.15, 0.2) is 0 Å². The average molecular weight is 312 g/mol. The molecule has 2 saturated heterocycles. The molecule has 0 aromatic rings. The maximum Gasteiger partial charge on any atom is 0.410 e. The third kappa shape index (κ3) is 4.27. The molecule has 0 aromatic carbocycles. The number of hydrogen-bond donors (Lipinski definition) is 0. The maximum atomic E-state index is 12.2. The SMILES string of the molecule is CC(C)C(OC(=O)N1CCCC1)C(C)OC(=O)N1CCCC1. The molecule has 22 heavy (non-hydrogen) atoms. The first-order chi connectivity index (χ1) is 10.5. The molecule has 0 aromatic heterocycles. The quantitative estimate of drug-likeness (QED) is 0.801. The van der Waals surface area contributed by atoms with Gasteiger partial charge < -0.3 is 19.3 Å². The summed E-state index contributed by atoms with van der Waals surface area (Å²) in [5.41, 5.74) is 0. The standard InChI is InChI=1S/C16H28N2O4/c1-12(2)14(22-16(20)18-10-6-7-11-18)13(3)21-15(19)17-8-4-5-9-17/h12-14H,4-11H2,1-3H3. The molecule has 2 aliphatic rings. The van der Waals surface area contributed by atoms with Gasteiger partial charge in [0.1, 0.15) is 12.2 Å². The van der Waals surface area contributed by atoms with Gasteiger partial charge in [0.25, 0.3) is 0 Å². The van der Waals surface area contributed by atoms with E-state index in [4.69, 9.17) is 9.47 Å². The molecule has 2 atom stereocenters. The van der Waals surface area contributed by atoms with Crippen LogP contribution in [0.3, 0.4) is 0 Å². The number of likely N-dealkylation sites (tertiary alicyclic amines) is 2. The topological polar surface area (TPSA) is 59.1 Å². The Bertz CT molecular complexity index is 388. The Balaban J connectivity index is 1.88. The highest BCUT2D eigenvalue weighted by Crippen LogP contribution is 2.19. The Kier molecular flexibility index (Phi) is 5.91. The zero-order valence-corrected chi connectivity index (χ0v) is 13.9. The van der Waals surface area contributed by atoms with Crippen LogP contribution >= 0.6 is 0 Å². The number of carbonyl (C=O) groups is 2. The fourth-order valence-corrected chi connectivity index (χ4v) is 3.06. The molecule has 2 amide bonds. The number of rotatable bonds is 4. The lowest BCUT2D eigenvalue weighted by atomic mass is 10.0. The first-order valence-electron chi connectivity index (χ1n) is 8.40. The van der Waals surface area contributed by atoms with Gasteiger partial charge in [0.15, 0.2) is 0 Å². The van der Waals surface area contributed by atoms with Crippen molar-refractivity contribution < 1.29 is 19.1 Å². The second-order valence-electron chi connectivity index (χ2n) is 6.57. The minimum Gasteiger partial charge on any atom is -0.442 e. The lowest BCUT2D eigenvalue weighted by Gasteiger charge is -2.30. The van der Waals surface area contributed by atoms with Crippen LogP contribution < -0.4 is 0 Å². The van der Waals surface area contributed by atoms with Crippen molar-refractivity contribution in [1.29, 1.82) is 0 Å². The van der Waals surface area contributed by atoms with E-state index in [-0.39, 0.29) is 18.1 Å². The van der Waals surface area contributed by atoms with E-state index in [0.717, 1.165) is 51.9 Å². The van der Waals surface area contributed by atoms with Crippen LogP contribution in [-0.4, -0.2) is 60.4 Å². The Hall–Kier alpha value is -1.46. The third-order valence-corrected chi connectivity index (χ3v) is 4.37. The van der Waals surface area contributed by atoms with Gasteiger partial charge in [0, 0.05) is 26.2 Å². The minimum atomic E-state index is -0.445. The van der Waals surface area contributed by atoms with Crippen molar-refractivity contribution in [2.45, 2.75) is 58.7 Å². The predicted molar refractivity (Wildman–Crippen MR) is 82.7 cm³/mol. The molecule has 0 saturated carbocycles. The van der Waals surface area contributed by atoms with Crippen LogP contribution in [-0.2, 0) is 9.47 Å². The molecule has 0 radical (unpaired) electrons. The Labute approximate surface area is 132 Å². The molecule has 2 unspecified atom stereocenters. The largest absolute Gasteiger partial charge is 0.442 e. The molecule has 0 N–H and O–H groups in total. The second-order valence-corrected chi connectivity index (χ2v) is 6.57. The van der Waals surface area contributed by atoms with E-state index >= 15 is 0 Å². The van der Waals surface area contributed by atoms with Gasteiger partial charge in [0.2, 0.25) is 0 Å². The monoisotopic (exact) mass is 312 g/mol. The van der Waals surface area contributed by atoms with Gasteiger partial charge in [0.05, 0.1) is 0 Å². The average Bonchev–Trinajstić information content (AvgIpc) is 3.15. The molecular weight excluding hydrogens is 284 g/mol. The van der Waals surface area contributed by atoms with Gasteiger partial charge in [-0.3, -0.25) is 0 Å². The summed E-state index contributed by atoms with van der Waals surface area (Å²) in [6.45, 7) is 8.77. The smallest absolute Gasteiger partial charge is 0.410 e. The molecule has 6 heteroatoms. The highest BCUT2D eigenvalue weighted by atomic mass is 16.6. The molecule has 2 aliphatic heterocycles. The van der Waals surface area contributed by atoms with E-state index in [1.54, 1.807) is 16.7 Å². The molecule has 2 heterocycles. The van der Waals surface area contributed by atoms with Gasteiger partial charge in [-0.25, -0.2) is 9.59 Å². The van der Waals surface area contributed by atoms with Gasteiger partial charge in [-0.15, -0.1) is 0 Å². The second kappa shape index (κ2) is 7.70. The van der Waals surface area contributed by atoms with E-state index in [0.29, 0.717) is 0 Å². The predicted octanol–water partition coefficient (Wildman–Crippen LogP) is 2.86. The first kappa shape index (κ1) is 16.9. The lowest BCUT2D eigenvalue weighted by molar-refractivity contribution is -0.0386. The van der Waals surface area contributed by atoms with E-state index in [2.05, 4.69) is 0 Å². The van der Waals surface area contributed by atoms with Gasteiger partial charge in [-0.05, 0) is 38.5 Å². The summed E-state index contributed by atoms with van der Waals surface area (Å²) in [7, 11) is 0. The first-order valence-corrected chi connectivity index (χ1v) is 8.40. The van der Waals surface area contributed by atoms with Crippen molar-refractivity contribution >= 4 is 12.2 Å². The summed E-state index contributed by atoms with van der Waals surface area (Å²) >= 11 is 0. The van der Waals surface area contributed by atoms with Crippen molar-refractivity contribution in [3.63, 3.8) is 0 Å². The van der Waals surface area contributed by atoms with Crippen molar-refractivity contribution in [2.75, 3.05) is 26.2 Å². The number of carbonyl (C=O) groups excluding carboxylic acids is 2. The summed E-state index contributed by atoms with van der Waals surface area (Å²) in [5.74, 6) is 0.0907. The van der Waals surface area contributed by atoms with E-state index in [9.17, 15) is 9.59 Å². The maximum absolute atomic E-state index is 12.2. The van der Waals surface area contributed by atoms with Gasteiger partial charge >= 0.3 is 12.2 Å². The molecule has 6 nitrogen and oxygen atoms in total. The summed E-state index contributed by atoms with van der Waals surface area (Å²) in [6.07, 6.45) is 2.66. The highest BCUT2D eigenvalue weighted by Gasteiger charge is 2.32. The molecule has 0 spiro atoms. The molecule has 2 fully saturated rings. The van der Waals surface area contributed by atoms with E-state index in [1.165, 1.54) is 0 Å². The van der Waals surface area contributed by atoms with Crippen LogP contribution in [0.5, 0.6) is 0 Å². The lowest BCUT2D eigenvalue weighted by Crippen LogP contribution is -2.42. The summed E-state index contributed by atoms with van der Waals surface area (Å²) in [4.78, 5) is 27.7. The summed E-state index contributed by atoms with van der Waals surface area (Å²) in [6, 6.07) is 0. The van der Waals surface area contributed by atoms with Crippen LogP contribution in [0.4, 0.5) is 9.59 Å². The van der Waals surface area contributed by atoms with Crippen molar-refractivity contribution in [3.8, 4) is 0 Å². The number of hydrogen-bond acceptors (Lipinski definition) is 4. The van der Waals surface area contributed by atoms with Crippen LogP contribution in [0.1, 0.15) is 46.5 Å². The highest BCUT2D eigenvalue weighted by molar-refractivity contribution is 5.69. The Morgan fingerprint density at radius 3 is 1.59 bits per heavy atom. The number of nitrogens with zero attached hydrogens (tertiary/aromatic N) is 2. The van der Waals surface area contributed by atoms with Crippen LogP contribution in [0.2, 0.25) is 0 Å². The third-order valence-electron chi connectivity index (χ3n) is 4.37. The van der Waals surface area contributed by atoms with E-state index < -0.39 is 12.2 Å². The minimum absolute atomic E-state index is 0.0907. The molecule has 126 valence electrons. The Morgan fingerprint density at radius 1 is 0.773 bits per heavy atom. The molecule has 0 bridgehead atoms. The van der Waals surface area contributed by atoms with Crippen molar-refractivity contribution in [1.82, 2.24) is 9.80 Å². The number of ether oxygens (including phenoxy) is 2. The molecular formula is C16H28N2O4. The van der Waals surface area contributed by atoms with Crippen molar-refractivity contribution in [3.05, 3.63) is 0 Å². The zero-order valence-electron chi connectivity index (χ0n) is 13.9. The summed E-state index contributed by atoms with van der Waals surface area (Å²) < 4.78 is 11.1. The Morgan fingerprint density at radius 2 is 1.18 bits per heavy atom. The van der Waals surface area contributed by atoms with Crippen molar-refractivity contribution in [2.24, 2.45) is 5.92 Å². The zero-order chi connectivity index (χ0) is 16.1. The van der Waals surface area contributed by atoms with Crippen LogP contribution in [0.25, 0.3) is 0 Å². The number of amides is 2.